The molecule has 0 spiro atoms. The van der Waals surface area contributed by atoms with Gasteiger partial charge in [0.15, 0.2) is 0 Å². The summed E-state index contributed by atoms with van der Waals surface area (Å²) in [6.07, 6.45) is 0. The zero-order valence-corrected chi connectivity index (χ0v) is 12.9. The van der Waals surface area contributed by atoms with E-state index in [1.807, 2.05) is 19.1 Å². The normalized spacial score (nSPS) is 9.90. The van der Waals surface area contributed by atoms with Crippen molar-refractivity contribution in [1.82, 2.24) is 0 Å². The van der Waals surface area contributed by atoms with Gasteiger partial charge < -0.3 is 5.32 Å². The summed E-state index contributed by atoms with van der Waals surface area (Å²) in [5.74, 6) is -0.257. The van der Waals surface area contributed by atoms with Crippen molar-refractivity contribution in [1.29, 1.82) is 5.26 Å². The Bertz CT molecular complexity index is 722. The minimum Gasteiger partial charge on any atom is -0.321 e. The maximum atomic E-state index is 12.2. The number of halogens is 2. The first-order chi connectivity index (χ1) is 9.51. The summed E-state index contributed by atoms with van der Waals surface area (Å²) in [6.45, 7) is 1.85. The van der Waals surface area contributed by atoms with Gasteiger partial charge in [0.1, 0.15) is 0 Å². The van der Waals surface area contributed by atoms with Crippen LogP contribution in [0.1, 0.15) is 21.5 Å². The Balaban J connectivity index is 2.30. The fourth-order valence-electron chi connectivity index (χ4n) is 1.76. The van der Waals surface area contributed by atoms with Crippen molar-refractivity contribution in [3.8, 4) is 6.07 Å². The van der Waals surface area contributed by atoms with E-state index >= 15 is 0 Å². The minimum atomic E-state index is -0.257. The number of carbonyl (C=O) groups excluding carboxylic acids is 1. The molecule has 3 nitrogen and oxygen atoms in total. The smallest absolute Gasteiger partial charge is 0.255 e. The molecule has 0 fully saturated rings. The Morgan fingerprint density at radius 1 is 1.30 bits per heavy atom. The standard InChI is InChI=1S/C15H10BrClN2O/c1-9-6-11(16)3-4-12(9)15(20)19-14-7-10(8-18)2-5-13(14)17/h2-7H,1H3,(H,19,20). The van der Waals surface area contributed by atoms with Crippen molar-refractivity contribution in [3.05, 3.63) is 62.6 Å². The molecule has 20 heavy (non-hydrogen) atoms. The highest BCUT2D eigenvalue weighted by Crippen LogP contribution is 2.24. The molecule has 100 valence electrons. The molecule has 0 heterocycles. The number of hydrogen-bond donors (Lipinski definition) is 1. The fraction of sp³-hybridized carbons (Fsp3) is 0.0667. The molecule has 1 amide bonds. The summed E-state index contributed by atoms with van der Waals surface area (Å²) < 4.78 is 0.913. The maximum Gasteiger partial charge on any atom is 0.255 e. The number of nitrogens with zero attached hydrogens (tertiary/aromatic N) is 1. The second-order valence-corrected chi connectivity index (χ2v) is 5.54. The van der Waals surface area contributed by atoms with Crippen LogP contribution in [0.5, 0.6) is 0 Å². The average Bonchev–Trinajstić information content (AvgIpc) is 2.41. The molecule has 0 bridgehead atoms. The van der Waals surface area contributed by atoms with Crippen LogP contribution in [0.2, 0.25) is 5.02 Å². The molecular formula is C15H10BrClN2O. The third-order valence-corrected chi connectivity index (χ3v) is 3.60. The molecule has 1 N–H and O–H groups in total. The van der Waals surface area contributed by atoms with Crippen LogP contribution in [0.3, 0.4) is 0 Å². The Morgan fingerprint density at radius 2 is 2.05 bits per heavy atom. The third kappa shape index (κ3) is 3.19. The molecule has 0 saturated heterocycles. The van der Waals surface area contributed by atoms with Crippen molar-refractivity contribution >= 4 is 39.1 Å². The van der Waals surface area contributed by atoms with Crippen LogP contribution in [0.25, 0.3) is 0 Å². The average molecular weight is 350 g/mol. The first-order valence-electron chi connectivity index (χ1n) is 5.78. The summed E-state index contributed by atoms with van der Waals surface area (Å²) >= 11 is 9.37. The quantitative estimate of drug-likeness (QED) is 0.865. The molecule has 2 aromatic rings. The van der Waals surface area contributed by atoms with Crippen LogP contribution >= 0.6 is 27.5 Å². The lowest BCUT2D eigenvalue weighted by atomic mass is 10.1. The van der Waals surface area contributed by atoms with Crippen molar-refractivity contribution in [2.75, 3.05) is 5.32 Å². The summed E-state index contributed by atoms with van der Waals surface area (Å²) in [7, 11) is 0. The number of benzene rings is 2. The zero-order chi connectivity index (χ0) is 14.7. The molecule has 2 aromatic carbocycles. The molecule has 0 atom stereocenters. The molecule has 2 rings (SSSR count). The Morgan fingerprint density at radius 3 is 2.70 bits per heavy atom. The minimum absolute atomic E-state index is 0.257. The van der Waals surface area contributed by atoms with E-state index in [1.54, 1.807) is 30.3 Å². The molecule has 0 aliphatic rings. The summed E-state index contributed by atoms with van der Waals surface area (Å²) in [6, 6.07) is 12.1. The highest BCUT2D eigenvalue weighted by Gasteiger charge is 2.11. The van der Waals surface area contributed by atoms with Crippen LogP contribution in [-0.2, 0) is 0 Å². The molecule has 0 saturated carbocycles. The molecule has 0 aromatic heterocycles. The molecule has 0 unspecified atom stereocenters. The van der Waals surface area contributed by atoms with E-state index in [1.165, 1.54) is 0 Å². The van der Waals surface area contributed by atoms with E-state index < -0.39 is 0 Å². The lowest BCUT2D eigenvalue weighted by Crippen LogP contribution is -2.13. The summed E-state index contributed by atoms with van der Waals surface area (Å²) in [5, 5.41) is 12.0. The van der Waals surface area contributed by atoms with Gasteiger partial charge in [0, 0.05) is 10.0 Å². The zero-order valence-electron chi connectivity index (χ0n) is 10.6. The van der Waals surface area contributed by atoms with Crippen LogP contribution in [-0.4, -0.2) is 5.91 Å². The van der Waals surface area contributed by atoms with Gasteiger partial charge in [0.25, 0.3) is 5.91 Å². The Hall–Kier alpha value is -1.83. The van der Waals surface area contributed by atoms with E-state index in [0.29, 0.717) is 21.8 Å². The van der Waals surface area contributed by atoms with Gasteiger partial charge in [-0.2, -0.15) is 5.26 Å². The van der Waals surface area contributed by atoms with Crippen molar-refractivity contribution in [2.24, 2.45) is 0 Å². The molecular weight excluding hydrogens is 340 g/mol. The van der Waals surface area contributed by atoms with E-state index in [0.717, 1.165) is 10.0 Å². The topological polar surface area (TPSA) is 52.9 Å². The number of rotatable bonds is 2. The number of aryl methyl sites for hydroxylation is 1. The van der Waals surface area contributed by atoms with E-state index in [-0.39, 0.29) is 5.91 Å². The van der Waals surface area contributed by atoms with Gasteiger partial charge in [-0.15, -0.1) is 0 Å². The highest BCUT2D eigenvalue weighted by molar-refractivity contribution is 9.10. The first-order valence-corrected chi connectivity index (χ1v) is 6.95. The monoisotopic (exact) mass is 348 g/mol. The van der Waals surface area contributed by atoms with Gasteiger partial charge in [-0.3, -0.25) is 4.79 Å². The van der Waals surface area contributed by atoms with Gasteiger partial charge in [-0.05, 0) is 48.9 Å². The number of carbonyl (C=O) groups is 1. The largest absolute Gasteiger partial charge is 0.321 e. The van der Waals surface area contributed by atoms with Crippen LogP contribution in [0, 0.1) is 18.3 Å². The van der Waals surface area contributed by atoms with Crippen LogP contribution in [0.15, 0.2) is 40.9 Å². The van der Waals surface area contributed by atoms with E-state index in [9.17, 15) is 4.79 Å². The molecule has 0 radical (unpaired) electrons. The highest BCUT2D eigenvalue weighted by atomic mass is 79.9. The molecule has 0 aliphatic carbocycles. The predicted molar refractivity (Wildman–Crippen MR) is 83.0 cm³/mol. The SMILES string of the molecule is Cc1cc(Br)ccc1C(=O)Nc1cc(C#N)ccc1Cl. The lowest BCUT2D eigenvalue weighted by Gasteiger charge is -2.09. The number of hydrogen-bond acceptors (Lipinski definition) is 2. The Labute approximate surface area is 130 Å². The number of nitrogens with one attached hydrogen (secondary N) is 1. The third-order valence-electron chi connectivity index (χ3n) is 2.78. The van der Waals surface area contributed by atoms with E-state index in [4.69, 9.17) is 16.9 Å². The van der Waals surface area contributed by atoms with Crippen LogP contribution < -0.4 is 5.32 Å². The van der Waals surface area contributed by atoms with Gasteiger partial charge in [0.05, 0.1) is 22.3 Å². The second-order valence-electron chi connectivity index (χ2n) is 4.22. The molecule has 0 aliphatic heterocycles. The number of amides is 1. The summed E-state index contributed by atoms with van der Waals surface area (Å²) in [5.41, 5.74) is 2.28. The van der Waals surface area contributed by atoms with Crippen molar-refractivity contribution < 1.29 is 4.79 Å². The van der Waals surface area contributed by atoms with Gasteiger partial charge in [-0.25, -0.2) is 0 Å². The predicted octanol–water partition coefficient (Wildman–Crippen LogP) is 4.53. The van der Waals surface area contributed by atoms with E-state index in [2.05, 4.69) is 21.2 Å². The Kier molecular flexibility index (Phi) is 4.43. The summed E-state index contributed by atoms with van der Waals surface area (Å²) in [4.78, 5) is 12.2. The maximum absolute atomic E-state index is 12.2. The van der Waals surface area contributed by atoms with Crippen LogP contribution in [0.4, 0.5) is 5.69 Å². The second kappa shape index (κ2) is 6.08. The van der Waals surface area contributed by atoms with Gasteiger partial charge >= 0.3 is 0 Å². The van der Waals surface area contributed by atoms with Crippen molar-refractivity contribution in [3.63, 3.8) is 0 Å². The lowest BCUT2D eigenvalue weighted by molar-refractivity contribution is 0.102. The number of anilines is 1. The van der Waals surface area contributed by atoms with Crippen molar-refractivity contribution in [2.45, 2.75) is 6.92 Å². The fourth-order valence-corrected chi connectivity index (χ4v) is 2.40. The van der Waals surface area contributed by atoms with Gasteiger partial charge in [0.2, 0.25) is 0 Å². The van der Waals surface area contributed by atoms with Gasteiger partial charge in [-0.1, -0.05) is 27.5 Å². The first kappa shape index (κ1) is 14.6. The molecule has 5 heteroatoms. The number of nitriles is 1.